The van der Waals surface area contributed by atoms with E-state index in [-0.39, 0.29) is 18.5 Å². The van der Waals surface area contributed by atoms with Gasteiger partial charge in [0, 0.05) is 32.4 Å². The summed E-state index contributed by atoms with van der Waals surface area (Å²) in [5.41, 5.74) is 5.71. The maximum absolute atomic E-state index is 12.1. The Labute approximate surface area is 100 Å². The predicted molar refractivity (Wildman–Crippen MR) is 62.1 cm³/mol. The minimum absolute atomic E-state index is 0.0547. The topological polar surface area (TPSA) is 80.3 Å². The van der Waals surface area contributed by atoms with Crippen molar-refractivity contribution in [3.8, 4) is 0 Å². The lowest BCUT2D eigenvalue weighted by atomic mass is 10.1. The third kappa shape index (κ3) is 2.80. The standard InChI is InChI=1S/C10H18N6O/c1-14-4-5-16(9(6-11)7-14)10(17)8-15-3-2-12-13-15/h2-3,9H,4-8,11H2,1H3. The third-order valence-corrected chi connectivity index (χ3v) is 3.05. The number of rotatable bonds is 3. The fourth-order valence-electron chi connectivity index (χ4n) is 2.09. The van der Waals surface area contributed by atoms with E-state index in [4.69, 9.17) is 5.73 Å². The number of hydrogen-bond donors (Lipinski definition) is 1. The number of hydrogen-bond acceptors (Lipinski definition) is 5. The third-order valence-electron chi connectivity index (χ3n) is 3.05. The molecule has 0 spiro atoms. The van der Waals surface area contributed by atoms with Crippen LogP contribution < -0.4 is 5.73 Å². The van der Waals surface area contributed by atoms with Gasteiger partial charge in [-0.2, -0.15) is 0 Å². The summed E-state index contributed by atoms with van der Waals surface area (Å²) in [6.07, 6.45) is 3.25. The van der Waals surface area contributed by atoms with Crippen LogP contribution in [0.25, 0.3) is 0 Å². The molecule has 1 aromatic heterocycles. The average Bonchev–Trinajstić information content (AvgIpc) is 2.81. The molecule has 1 fully saturated rings. The second-order valence-electron chi connectivity index (χ2n) is 4.34. The van der Waals surface area contributed by atoms with E-state index >= 15 is 0 Å². The van der Waals surface area contributed by atoms with Gasteiger partial charge in [0.25, 0.3) is 0 Å². The molecule has 1 aliphatic heterocycles. The van der Waals surface area contributed by atoms with E-state index in [0.717, 1.165) is 19.6 Å². The summed E-state index contributed by atoms with van der Waals surface area (Å²) in [6, 6.07) is 0.102. The first-order valence-electron chi connectivity index (χ1n) is 5.73. The fraction of sp³-hybridized carbons (Fsp3) is 0.700. The van der Waals surface area contributed by atoms with Crippen molar-refractivity contribution in [2.24, 2.45) is 5.73 Å². The van der Waals surface area contributed by atoms with Crippen molar-refractivity contribution in [3.63, 3.8) is 0 Å². The number of amides is 1. The molecule has 0 aromatic carbocycles. The van der Waals surface area contributed by atoms with Gasteiger partial charge in [0.05, 0.1) is 12.2 Å². The summed E-state index contributed by atoms with van der Waals surface area (Å²) < 4.78 is 1.54. The number of carbonyl (C=O) groups is 1. The highest BCUT2D eigenvalue weighted by molar-refractivity contribution is 5.76. The van der Waals surface area contributed by atoms with E-state index in [1.807, 2.05) is 11.9 Å². The molecule has 1 aliphatic rings. The molecule has 0 saturated carbocycles. The Morgan fingerprint density at radius 1 is 1.53 bits per heavy atom. The number of piperazine rings is 1. The van der Waals surface area contributed by atoms with Crippen molar-refractivity contribution in [3.05, 3.63) is 12.4 Å². The molecule has 94 valence electrons. The summed E-state index contributed by atoms with van der Waals surface area (Å²) >= 11 is 0. The van der Waals surface area contributed by atoms with Crippen molar-refractivity contribution in [2.75, 3.05) is 33.2 Å². The molecule has 2 N–H and O–H groups in total. The highest BCUT2D eigenvalue weighted by atomic mass is 16.2. The molecule has 0 aliphatic carbocycles. The van der Waals surface area contributed by atoms with Gasteiger partial charge >= 0.3 is 0 Å². The molecular weight excluding hydrogens is 220 g/mol. The molecule has 1 unspecified atom stereocenters. The van der Waals surface area contributed by atoms with Crippen molar-refractivity contribution in [2.45, 2.75) is 12.6 Å². The first-order chi connectivity index (χ1) is 8.20. The molecule has 2 heterocycles. The Morgan fingerprint density at radius 2 is 2.35 bits per heavy atom. The van der Waals surface area contributed by atoms with Crippen LogP contribution in [0.4, 0.5) is 0 Å². The zero-order valence-electron chi connectivity index (χ0n) is 9.99. The molecule has 1 atom stereocenters. The van der Waals surface area contributed by atoms with Gasteiger partial charge in [0.2, 0.25) is 5.91 Å². The highest BCUT2D eigenvalue weighted by Gasteiger charge is 2.27. The van der Waals surface area contributed by atoms with E-state index < -0.39 is 0 Å². The minimum atomic E-state index is 0.0547. The van der Waals surface area contributed by atoms with E-state index in [1.165, 1.54) is 4.68 Å². The maximum atomic E-state index is 12.1. The zero-order valence-corrected chi connectivity index (χ0v) is 9.99. The van der Waals surface area contributed by atoms with Crippen LogP contribution in [-0.2, 0) is 11.3 Å². The van der Waals surface area contributed by atoms with Crippen molar-refractivity contribution >= 4 is 5.91 Å². The Balaban J connectivity index is 1.98. The van der Waals surface area contributed by atoms with Gasteiger partial charge in [-0.05, 0) is 7.05 Å². The average molecular weight is 238 g/mol. The largest absolute Gasteiger partial charge is 0.334 e. The second-order valence-corrected chi connectivity index (χ2v) is 4.34. The molecule has 1 saturated heterocycles. The zero-order chi connectivity index (χ0) is 12.3. The van der Waals surface area contributed by atoms with Crippen molar-refractivity contribution in [1.29, 1.82) is 0 Å². The van der Waals surface area contributed by atoms with Gasteiger partial charge < -0.3 is 15.5 Å². The SMILES string of the molecule is CN1CCN(C(=O)Cn2ccnn2)C(CN)C1. The number of nitrogens with zero attached hydrogens (tertiary/aromatic N) is 5. The monoisotopic (exact) mass is 238 g/mol. The number of likely N-dealkylation sites (N-methyl/N-ethyl adjacent to an activating group) is 1. The first-order valence-corrected chi connectivity index (χ1v) is 5.73. The summed E-state index contributed by atoms with van der Waals surface area (Å²) in [4.78, 5) is 16.1. The second kappa shape index (κ2) is 5.24. The van der Waals surface area contributed by atoms with Crippen LogP contribution in [0.15, 0.2) is 12.4 Å². The van der Waals surface area contributed by atoms with Crippen LogP contribution in [0.2, 0.25) is 0 Å². The van der Waals surface area contributed by atoms with Crippen LogP contribution in [0.3, 0.4) is 0 Å². The first kappa shape index (κ1) is 12.0. The molecule has 0 radical (unpaired) electrons. The van der Waals surface area contributed by atoms with E-state index in [1.54, 1.807) is 12.4 Å². The van der Waals surface area contributed by atoms with E-state index in [9.17, 15) is 4.79 Å². The van der Waals surface area contributed by atoms with Crippen molar-refractivity contribution < 1.29 is 4.79 Å². The van der Waals surface area contributed by atoms with Gasteiger partial charge in [-0.25, -0.2) is 4.68 Å². The Hall–Kier alpha value is -1.47. The smallest absolute Gasteiger partial charge is 0.244 e. The number of aromatic nitrogens is 3. The number of carbonyl (C=O) groups excluding carboxylic acids is 1. The lowest BCUT2D eigenvalue weighted by Crippen LogP contribution is -2.57. The molecule has 17 heavy (non-hydrogen) atoms. The molecule has 1 amide bonds. The van der Waals surface area contributed by atoms with Crippen LogP contribution in [0.5, 0.6) is 0 Å². The fourth-order valence-corrected chi connectivity index (χ4v) is 2.09. The molecule has 1 aromatic rings. The summed E-state index contributed by atoms with van der Waals surface area (Å²) in [5.74, 6) is 0.0547. The van der Waals surface area contributed by atoms with E-state index in [2.05, 4.69) is 15.2 Å². The lowest BCUT2D eigenvalue weighted by Gasteiger charge is -2.39. The maximum Gasteiger partial charge on any atom is 0.244 e. The molecule has 0 bridgehead atoms. The molecule has 2 rings (SSSR count). The van der Waals surface area contributed by atoms with Gasteiger partial charge in [-0.15, -0.1) is 5.10 Å². The quantitative estimate of drug-likeness (QED) is 0.684. The van der Waals surface area contributed by atoms with Crippen LogP contribution in [-0.4, -0.2) is 70.0 Å². The van der Waals surface area contributed by atoms with E-state index in [0.29, 0.717) is 6.54 Å². The highest BCUT2D eigenvalue weighted by Crippen LogP contribution is 2.08. The van der Waals surface area contributed by atoms with Crippen LogP contribution in [0, 0.1) is 0 Å². The summed E-state index contributed by atoms with van der Waals surface area (Å²) in [5, 5.41) is 7.48. The lowest BCUT2D eigenvalue weighted by molar-refractivity contribution is -0.136. The minimum Gasteiger partial charge on any atom is -0.334 e. The van der Waals surface area contributed by atoms with Crippen molar-refractivity contribution in [1.82, 2.24) is 24.8 Å². The molecule has 7 heteroatoms. The summed E-state index contributed by atoms with van der Waals surface area (Å²) in [7, 11) is 2.04. The van der Waals surface area contributed by atoms with Crippen LogP contribution in [0.1, 0.15) is 0 Å². The van der Waals surface area contributed by atoms with Gasteiger partial charge in [0.15, 0.2) is 0 Å². The number of nitrogens with two attached hydrogens (primary N) is 1. The molecular formula is C10H18N6O. The predicted octanol–water partition coefficient (Wildman–Crippen LogP) is -1.62. The van der Waals surface area contributed by atoms with Crippen LogP contribution >= 0.6 is 0 Å². The Morgan fingerprint density at radius 3 is 3.00 bits per heavy atom. The summed E-state index contributed by atoms with van der Waals surface area (Å²) in [6.45, 7) is 3.18. The normalized spacial score (nSPS) is 21.8. The van der Waals surface area contributed by atoms with Gasteiger partial charge in [-0.3, -0.25) is 4.79 Å². The van der Waals surface area contributed by atoms with Gasteiger partial charge in [-0.1, -0.05) is 5.21 Å². The Kier molecular flexibility index (Phi) is 3.70. The van der Waals surface area contributed by atoms with Gasteiger partial charge in [0.1, 0.15) is 6.54 Å². The Bertz CT molecular complexity index is 365. The molecule has 7 nitrogen and oxygen atoms in total.